The van der Waals surface area contributed by atoms with Gasteiger partial charge in [-0.2, -0.15) is 10.4 Å². The van der Waals surface area contributed by atoms with E-state index in [1.807, 2.05) is 12.1 Å². The molecule has 0 saturated heterocycles. The van der Waals surface area contributed by atoms with Gasteiger partial charge in [-0.25, -0.2) is 15.0 Å². The molecule has 14 heteroatoms. The summed E-state index contributed by atoms with van der Waals surface area (Å²) in [6.07, 6.45) is 1.44. The molecular weight excluding hydrogens is 721 g/mol. The second-order valence-corrected chi connectivity index (χ2v) is 11.2. The van der Waals surface area contributed by atoms with Crippen LogP contribution in [0.3, 0.4) is 0 Å². The predicted molar refractivity (Wildman–Crippen MR) is 179 cm³/mol. The zero-order valence-corrected chi connectivity index (χ0v) is 28.2. The summed E-state index contributed by atoms with van der Waals surface area (Å²) in [6.45, 7) is 3.32. The Morgan fingerprint density at radius 3 is 2.47 bits per heavy atom. The molecule has 3 N–H and O–H groups in total. The van der Waals surface area contributed by atoms with Crippen molar-refractivity contribution in [2.45, 2.75) is 26.5 Å². The molecule has 1 aliphatic heterocycles. The van der Waals surface area contributed by atoms with Gasteiger partial charge in [0.2, 0.25) is 0 Å². The van der Waals surface area contributed by atoms with Gasteiger partial charge in [0.05, 0.1) is 50.3 Å². The number of benzene rings is 3. The van der Waals surface area contributed by atoms with Gasteiger partial charge in [-0.05, 0) is 84.0 Å². The van der Waals surface area contributed by atoms with E-state index < -0.39 is 23.9 Å². The minimum Gasteiger partial charge on any atom is -0.493 e. The summed E-state index contributed by atoms with van der Waals surface area (Å²) in [6, 6.07) is 16.3. The Morgan fingerprint density at radius 2 is 1.79 bits per heavy atom. The maximum absolute atomic E-state index is 12.6. The van der Waals surface area contributed by atoms with Gasteiger partial charge in [-0.15, -0.1) is 0 Å². The number of nitrogens with one attached hydrogen (secondary N) is 3. The van der Waals surface area contributed by atoms with Gasteiger partial charge in [0.25, 0.3) is 5.91 Å². The number of halogens is 1. The van der Waals surface area contributed by atoms with E-state index in [1.165, 1.54) is 20.4 Å². The van der Waals surface area contributed by atoms with Crippen molar-refractivity contribution in [3.63, 3.8) is 0 Å². The van der Waals surface area contributed by atoms with Crippen LogP contribution in [0.5, 0.6) is 23.0 Å². The number of urea groups is 1. The maximum atomic E-state index is 12.6. The van der Waals surface area contributed by atoms with Crippen LogP contribution in [0.25, 0.3) is 0 Å². The van der Waals surface area contributed by atoms with Gasteiger partial charge in [0, 0.05) is 14.8 Å². The topological polar surface area (TPSA) is 170 Å². The highest BCUT2D eigenvalue weighted by molar-refractivity contribution is 14.1. The second-order valence-electron chi connectivity index (χ2n) is 9.91. The monoisotopic (exact) mass is 753 g/mol. The van der Waals surface area contributed by atoms with Crippen molar-refractivity contribution >= 4 is 46.7 Å². The van der Waals surface area contributed by atoms with Crippen molar-refractivity contribution in [1.82, 2.24) is 16.1 Å². The van der Waals surface area contributed by atoms with E-state index in [0.29, 0.717) is 33.9 Å². The molecule has 4 rings (SSSR count). The van der Waals surface area contributed by atoms with Crippen LogP contribution in [0.4, 0.5) is 4.79 Å². The molecule has 0 aliphatic carbocycles. The van der Waals surface area contributed by atoms with E-state index in [1.54, 1.807) is 56.3 Å². The van der Waals surface area contributed by atoms with Gasteiger partial charge in [-0.3, -0.25) is 4.79 Å². The molecule has 3 aromatic carbocycles. The minimum atomic E-state index is -0.791. The highest BCUT2D eigenvalue weighted by Crippen LogP contribution is 2.35. The number of esters is 1. The summed E-state index contributed by atoms with van der Waals surface area (Å²) >= 11 is 2.14. The Labute approximate surface area is 285 Å². The number of allylic oxidation sites excluding steroid dienone is 1. The summed E-state index contributed by atoms with van der Waals surface area (Å²) in [5.41, 5.74) is 5.59. The molecule has 0 bridgehead atoms. The van der Waals surface area contributed by atoms with Crippen LogP contribution in [-0.2, 0) is 20.9 Å². The normalized spacial score (nSPS) is 14.0. The van der Waals surface area contributed by atoms with Crippen LogP contribution in [0.1, 0.15) is 42.1 Å². The summed E-state index contributed by atoms with van der Waals surface area (Å²) < 4.78 is 28.8. The molecule has 244 valence electrons. The van der Waals surface area contributed by atoms with Crippen molar-refractivity contribution in [2.24, 2.45) is 5.10 Å². The minimum absolute atomic E-state index is 0.173. The van der Waals surface area contributed by atoms with Crippen LogP contribution in [-0.4, -0.2) is 51.6 Å². The number of carbonyl (C=O) groups excluding carboxylic acids is 3. The van der Waals surface area contributed by atoms with E-state index in [9.17, 15) is 14.4 Å². The van der Waals surface area contributed by atoms with Crippen molar-refractivity contribution in [3.05, 3.63) is 91.7 Å². The summed E-state index contributed by atoms with van der Waals surface area (Å²) in [5, 5.41) is 18.4. The van der Waals surface area contributed by atoms with Gasteiger partial charge in [-0.1, -0.05) is 18.2 Å². The highest BCUT2D eigenvalue weighted by atomic mass is 127. The number of hydrogen-bond donors (Lipinski definition) is 3. The zero-order chi connectivity index (χ0) is 33.9. The van der Waals surface area contributed by atoms with E-state index in [4.69, 9.17) is 28.9 Å². The number of nitrogens with zero attached hydrogens (tertiary/aromatic N) is 2. The third-order valence-corrected chi connectivity index (χ3v) is 7.39. The lowest BCUT2D eigenvalue weighted by Gasteiger charge is -2.28. The Bertz CT molecular complexity index is 1750. The molecule has 1 heterocycles. The van der Waals surface area contributed by atoms with Crippen molar-refractivity contribution in [2.75, 3.05) is 27.4 Å². The van der Waals surface area contributed by atoms with E-state index in [0.717, 1.165) is 9.13 Å². The first-order valence-electron chi connectivity index (χ1n) is 14.2. The third kappa shape index (κ3) is 8.91. The number of rotatable bonds is 13. The summed E-state index contributed by atoms with van der Waals surface area (Å²) in [7, 11) is 2.96. The highest BCUT2D eigenvalue weighted by Gasteiger charge is 2.32. The van der Waals surface area contributed by atoms with Crippen molar-refractivity contribution in [1.29, 1.82) is 5.26 Å². The van der Waals surface area contributed by atoms with Gasteiger partial charge < -0.3 is 34.3 Å². The SMILES string of the molecule is CCOC(=O)C1=C(C)NC(=O)N[C@H]1c1ccc(OCC(=O)N/N=C/c2cc(I)cc(OC)c2OCc2ccc(C#N)cc2)c(OC)c1. The molecular formula is C33H32IN5O8. The molecule has 47 heavy (non-hydrogen) atoms. The van der Waals surface area contributed by atoms with E-state index in [-0.39, 0.29) is 36.9 Å². The van der Waals surface area contributed by atoms with Crippen LogP contribution >= 0.6 is 22.6 Å². The molecule has 1 aliphatic rings. The average Bonchev–Trinajstić information content (AvgIpc) is 3.06. The molecule has 0 fully saturated rings. The number of hydrazone groups is 1. The maximum Gasteiger partial charge on any atom is 0.338 e. The lowest BCUT2D eigenvalue weighted by atomic mass is 9.95. The summed E-state index contributed by atoms with van der Waals surface area (Å²) in [4.78, 5) is 37.5. The molecule has 1 atom stereocenters. The fourth-order valence-corrected chi connectivity index (χ4v) is 5.20. The lowest BCUT2D eigenvalue weighted by molar-refractivity contribution is -0.139. The summed E-state index contributed by atoms with van der Waals surface area (Å²) in [5.74, 6) is 0.350. The van der Waals surface area contributed by atoms with Crippen molar-refractivity contribution < 1.29 is 38.1 Å². The van der Waals surface area contributed by atoms with Gasteiger partial charge in [0.1, 0.15) is 6.61 Å². The zero-order valence-electron chi connectivity index (χ0n) is 26.0. The Hall–Kier alpha value is -5.30. The Kier molecular flexibility index (Phi) is 12.0. The van der Waals surface area contributed by atoms with E-state index >= 15 is 0 Å². The van der Waals surface area contributed by atoms with Crippen LogP contribution in [0.2, 0.25) is 0 Å². The molecule has 0 saturated carbocycles. The number of ether oxygens (including phenoxy) is 5. The largest absolute Gasteiger partial charge is 0.493 e. The second kappa shape index (κ2) is 16.3. The van der Waals surface area contributed by atoms with E-state index in [2.05, 4.69) is 49.8 Å². The average molecular weight is 754 g/mol. The standard InChI is InChI=1S/C33H32IN5O8/c1-5-45-32(41)29-19(2)37-33(42)38-30(29)22-10-11-25(26(13-22)43-3)46-18-28(40)39-36-16-23-12-24(34)14-27(44-4)31(23)47-17-21-8-6-20(15-35)7-9-21/h6-14,16,30H,5,17-18H2,1-4H3,(H,39,40)(H2,37,38,42)/b36-16+/t30-/m0/s1. The fourth-order valence-electron chi connectivity index (χ4n) is 4.58. The lowest BCUT2D eigenvalue weighted by Crippen LogP contribution is -2.45. The molecule has 0 aromatic heterocycles. The quantitative estimate of drug-likeness (QED) is 0.0987. The number of hydrogen-bond acceptors (Lipinski definition) is 10. The van der Waals surface area contributed by atoms with Crippen LogP contribution < -0.4 is 35.0 Å². The number of nitriles is 1. The first-order valence-corrected chi connectivity index (χ1v) is 15.3. The van der Waals surface area contributed by atoms with Crippen LogP contribution in [0.15, 0.2) is 71.0 Å². The van der Waals surface area contributed by atoms with Gasteiger partial charge in [0.15, 0.2) is 29.6 Å². The van der Waals surface area contributed by atoms with Crippen molar-refractivity contribution in [3.8, 4) is 29.1 Å². The number of methoxy groups -OCH3 is 2. The molecule has 0 spiro atoms. The molecule has 0 radical (unpaired) electrons. The van der Waals surface area contributed by atoms with Crippen LogP contribution in [0, 0.1) is 14.9 Å². The first-order chi connectivity index (χ1) is 22.7. The fraction of sp³-hybridized carbons (Fsp3) is 0.242. The Morgan fingerprint density at radius 1 is 1.04 bits per heavy atom. The smallest absolute Gasteiger partial charge is 0.338 e. The molecule has 3 aromatic rings. The number of amides is 3. The molecule has 3 amide bonds. The molecule has 13 nitrogen and oxygen atoms in total. The predicted octanol–water partition coefficient (Wildman–Crippen LogP) is 4.48. The first kappa shape index (κ1) is 34.6. The molecule has 0 unspecified atom stereocenters. The van der Waals surface area contributed by atoms with Gasteiger partial charge >= 0.3 is 12.0 Å². The number of carbonyl (C=O) groups is 3. The third-order valence-electron chi connectivity index (χ3n) is 6.77. The Balaban J connectivity index is 1.42.